The van der Waals surface area contributed by atoms with Crippen LogP contribution in [-0.2, 0) is 14.8 Å². The average Bonchev–Trinajstić information content (AvgIpc) is 3.17. The van der Waals surface area contributed by atoms with Gasteiger partial charge in [0.15, 0.2) is 17.7 Å². The Hall–Kier alpha value is -1.94. The van der Waals surface area contributed by atoms with Gasteiger partial charge in [0, 0.05) is 25.2 Å². The molecule has 2 aliphatic heterocycles. The largest absolute Gasteiger partial charge is 0.475 e. The van der Waals surface area contributed by atoms with Crippen LogP contribution in [0.4, 0.5) is 11.8 Å². The number of ether oxygens (including phenoxy) is 1. The summed E-state index contributed by atoms with van der Waals surface area (Å²) >= 11 is 0. The number of carbonyl (C=O) groups excluding carboxylic acids is 1. The molecule has 0 spiro atoms. The van der Waals surface area contributed by atoms with Crippen molar-refractivity contribution in [1.29, 1.82) is 0 Å². The molecule has 9 nitrogen and oxygen atoms in total. The lowest BCUT2D eigenvalue weighted by Gasteiger charge is -2.36. The smallest absolute Gasteiger partial charge is 0.269 e. The third-order valence-electron chi connectivity index (χ3n) is 5.80. The fraction of sp³-hybridized carbons (Fsp3) is 0.722. The summed E-state index contributed by atoms with van der Waals surface area (Å²) in [6.07, 6.45) is 7.91. The first kappa shape index (κ1) is 19.4. The second kappa shape index (κ2) is 7.47. The van der Waals surface area contributed by atoms with Gasteiger partial charge in [0.2, 0.25) is 16.0 Å². The van der Waals surface area contributed by atoms with Crippen molar-refractivity contribution >= 4 is 27.7 Å². The monoisotopic (exact) mass is 409 g/mol. The number of rotatable bonds is 4. The quantitative estimate of drug-likeness (QED) is 0.801. The lowest BCUT2D eigenvalue weighted by atomic mass is 10.1. The summed E-state index contributed by atoms with van der Waals surface area (Å²) in [7, 11) is -3.15. The second-order valence-electron chi connectivity index (χ2n) is 7.87. The summed E-state index contributed by atoms with van der Waals surface area (Å²) < 4.78 is 30.5. The normalized spacial score (nSPS) is 24.9. The lowest BCUT2D eigenvalue weighted by Crippen LogP contribution is -2.49. The molecule has 0 bridgehead atoms. The summed E-state index contributed by atoms with van der Waals surface area (Å²) in [6, 6.07) is 0.258. The summed E-state index contributed by atoms with van der Waals surface area (Å²) in [6.45, 7) is 2.72. The zero-order chi connectivity index (χ0) is 19.9. The third-order valence-corrected chi connectivity index (χ3v) is 7.10. The van der Waals surface area contributed by atoms with E-state index < -0.39 is 16.1 Å². The Kier molecular flexibility index (Phi) is 5.17. The van der Waals surface area contributed by atoms with E-state index in [0.717, 1.165) is 25.7 Å². The minimum atomic E-state index is -3.15. The van der Waals surface area contributed by atoms with Crippen LogP contribution in [0.15, 0.2) is 6.20 Å². The highest BCUT2D eigenvalue weighted by atomic mass is 32.2. The van der Waals surface area contributed by atoms with Crippen LogP contribution in [0.3, 0.4) is 0 Å². The SMILES string of the molecule is C[C@@H]1Oc2cnc(NC3CCN(S(C)(=O)=O)CC3)nc2N(C2CCCC2)C1=O. The number of nitrogens with zero attached hydrogens (tertiary/aromatic N) is 4. The molecule has 0 radical (unpaired) electrons. The fourth-order valence-electron chi connectivity index (χ4n) is 4.26. The molecule has 1 atom stereocenters. The highest BCUT2D eigenvalue weighted by Gasteiger charge is 2.39. The molecular formula is C18H27N5O4S. The van der Waals surface area contributed by atoms with Crippen LogP contribution >= 0.6 is 0 Å². The number of carbonyl (C=O) groups is 1. The van der Waals surface area contributed by atoms with Crippen molar-refractivity contribution in [1.82, 2.24) is 14.3 Å². The molecule has 2 fully saturated rings. The van der Waals surface area contributed by atoms with Crippen molar-refractivity contribution in [3.63, 3.8) is 0 Å². The Balaban J connectivity index is 1.51. The maximum atomic E-state index is 12.8. The van der Waals surface area contributed by atoms with E-state index in [0.29, 0.717) is 43.4 Å². The topological polar surface area (TPSA) is 105 Å². The van der Waals surface area contributed by atoms with Crippen molar-refractivity contribution in [3.05, 3.63) is 6.20 Å². The zero-order valence-corrected chi connectivity index (χ0v) is 17.1. The Morgan fingerprint density at radius 2 is 1.86 bits per heavy atom. The molecule has 1 N–H and O–H groups in total. The molecular weight excluding hydrogens is 382 g/mol. The van der Waals surface area contributed by atoms with E-state index in [1.807, 2.05) is 0 Å². The molecule has 1 aromatic rings. The van der Waals surface area contributed by atoms with Crippen LogP contribution < -0.4 is 15.0 Å². The predicted molar refractivity (Wildman–Crippen MR) is 105 cm³/mol. The van der Waals surface area contributed by atoms with Gasteiger partial charge >= 0.3 is 0 Å². The van der Waals surface area contributed by atoms with E-state index in [1.165, 1.54) is 10.6 Å². The summed E-state index contributed by atoms with van der Waals surface area (Å²) in [5, 5.41) is 3.30. The molecule has 1 saturated carbocycles. The van der Waals surface area contributed by atoms with Crippen LogP contribution in [0.5, 0.6) is 5.75 Å². The summed E-state index contributed by atoms with van der Waals surface area (Å²) in [5.41, 5.74) is 0. The predicted octanol–water partition coefficient (Wildman–Crippen LogP) is 1.37. The molecule has 1 saturated heterocycles. The van der Waals surface area contributed by atoms with Gasteiger partial charge < -0.3 is 10.1 Å². The first-order valence-electron chi connectivity index (χ1n) is 9.91. The van der Waals surface area contributed by atoms with E-state index >= 15 is 0 Å². The summed E-state index contributed by atoms with van der Waals surface area (Å²) in [5.74, 6) is 1.48. The standard InChI is InChI=1S/C18H27N5O4S/c1-12-17(24)23(14-5-3-4-6-14)16-15(27-12)11-19-18(21-16)20-13-7-9-22(10-8-13)28(2,25)26/h11-14H,3-10H2,1-2H3,(H,19,20,21)/t12-/m0/s1. The Morgan fingerprint density at radius 1 is 1.18 bits per heavy atom. The van der Waals surface area contributed by atoms with Crippen molar-refractivity contribution in [2.75, 3.05) is 29.6 Å². The molecule has 4 rings (SSSR count). The van der Waals surface area contributed by atoms with Crippen LogP contribution in [0.1, 0.15) is 45.4 Å². The highest BCUT2D eigenvalue weighted by Crippen LogP contribution is 2.37. The average molecular weight is 410 g/mol. The Morgan fingerprint density at radius 3 is 2.50 bits per heavy atom. The van der Waals surface area contributed by atoms with E-state index in [4.69, 9.17) is 4.74 Å². The molecule has 1 aromatic heterocycles. The van der Waals surface area contributed by atoms with Crippen LogP contribution in [0, 0.1) is 0 Å². The maximum absolute atomic E-state index is 12.8. The van der Waals surface area contributed by atoms with Gasteiger partial charge in [-0.05, 0) is 32.6 Å². The molecule has 154 valence electrons. The van der Waals surface area contributed by atoms with E-state index in [1.54, 1.807) is 18.0 Å². The van der Waals surface area contributed by atoms with E-state index in [2.05, 4.69) is 15.3 Å². The Labute approximate surface area is 165 Å². The van der Waals surface area contributed by atoms with Gasteiger partial charge in [-0.2, -0.15) is 4.98 Å². The lowest BCUT2D eigenvalue weighted by molar-refractivity contribution is -0.126. The number of hydrogen-bond donors (Lipinski definition) is 1. The highest BCUT2D eigenvalue weighted by molar-refractivity contribution is 7.88. The van der Waals surface area contributed by atoms with Crippen LogP contribution in [-0.4, -0.2) is 66.1 Å². The van der Waals surface area contributed by atoms with Gasteiger partial charge in [-0.1, -0.05) is 12.8 Å². The molecule has 1 aliphatic carbocycles. The van der Waals surface area contributed by atoms with Gasteiger partial charge in [-0.3, -0.25) is 9.69 Å². The minimum absolute atomic E-state index is 0.0505. The second-order valence-corrected chi connectivity index (χ2v) is 9.85. The molecule has 0 unspecified atom stereocenters. The number of anilines is 2. The van der Waals surface area contributed by atoms with Crippen molar-refractivity contribution < 1.29 is 17.9 Å². The van der Waals surface area contributed by atoms with E-state index in [9.17, 15) is 13.2 Å². The van der Waals surface area contributed by atoms with Crippen LogP contribution in [0.2, 0.25) is 0 Å². The fourth-order valence-corrected chi connectivity index (χ4v) is 5.13. The van der Waals surface area contributed by atoms with Gasteiger partial charge in [0.25, 0.3) is 5.91 Å². The van der Waals surface area contributed by atoms with Crippen molar-refractivity contribution in [3.8, 4) is 5.75 Å². The number of fused-ring (bicyclic) bond motifs is 1. The number of amides is 1. The van der Waals surface area contributed by atoms with Crippen molar-refractivity contribution in [2.45, 2.75) is 63.6 Å². The molecule has 3 heterocycles. The van der Waals surface area contributed by atoms with Crippen molar-refractivity contribution in [2.24, 2.45) is 0 Å². The molecule has 1 amide bonds. The maximum Gasteiger partial charge on any atom is 0.269 e. The Bertz CT molecular complexity index is 848. The molecule has 3 aliphatic rings. The van der Waals surface area contributed by atoms with Gasteiger partial charge in [-0.25, -0.2) is 17.7 Å². The number of hydrogen-bond acceptors (Lipinski definition) is 7. The van der Waals surface area contributed by atoms with Gasteiger partial charge in [0.05, 0.1) is 12.5 Å². The molecule has 0 aromatic carbocycles. The first-order chi connectivity index (χ1) is 13.3. The van der Waals surface area contributed by atoms with Gasteiger partial charge in [0.1, 0.15) is 0 Å². The molecule has 28 heavy (non-hydrogen) atoms. The number of sulfonamides is 1. The minimum Gasteiger partial charge on any atom is -0.475 e. The third kappa shape index (κ3) is 3.80. The van der Waals surface area contributed by atoms with Gasteiger partial charge in [-0.15, -0.1) is 0 Å². The number of nitrogens with one attached hydrogen (secondary N) is 1. The summed E-state index contributed by atoms with van der Waals surface area (Å²) in [4.78, 5) is 23.5. The number of piperidine rings is 1. The zero-order valence-electron chi connectivity index (χ0n) is 16.3. The first-order valence-corrected chi connectivity index (χ1v) is 11.8. The molecule has 10 heteroatoms. The van der Waals surface area contributed by atoms with Crippen LogP contribution in [0.25, 0.3) is 0 Å². The number of aromatic nitrogens is 2. The van der Waals surface area contributed by atoms with E-state index in [-0.39, 0.29) is 18.0 Å².